The quantitative estimate of drug-likeness (QED) is 0.138. The Bertz CT molecular complexity index is 10900. The van der Waals surface area contributed by atoms with Crippen molar-refractivity contribution >= 4 is 238 Å². The van der Waals surface area contributed by atoms with Gasteiger partial charge in [-0.1, -0.05) is 352 Å². The lowest BCUT2D eigenvalue weighted by Gasteiger charge is -2.14. The van der Waals surface area contributed by atoms with E-state index in [9.17, 15) is 0 Å². The molecule has 10 heterocycles. The van der Waals surface area contributed by atoms with Gasteiger partial charge in [-0.3, -0.25) is 13.7 Å². The van der Waals surface area contributed by atoms with Gasteiger partial charge in [0.05, 0.1) is 77.8 Å². The number of nitrogens with zero attached hydrogens (tertiary/aromatic N) is 10. The van der Waals surface area contributed by atoms with Crippen LogP contribution in [0.1, 0.15) is 0 Å². The molecule has 0 aliphatic carbocycles. The number of thiophene rings is 1. The maximum atomic E-state index is 6.52. The molecule has 0 bridgehead atoms. The molecule has 22 aromatic carbocycles. The summed E-state index contributed by atoms with van der Waals surface area (Å²) in [5.41, 5.74) is 24.4. The van der Waals surface area contributed by atoms with Crippen LogP contribution in [0.3, 0.4) is 0 Å². The fourth-order valence-electron chi connectivity index (χ4n) is 22.9. The summed E-state index contributed by atoms with van der Waals surface area (Å²) in [6.07, 6.45) is 0. The Balaban J connectivity index is 0.000000101. The van der Waals surface area contributed by atoms with Crippen molar-refractivity contribution in [3.05, 3.63) is 461 Å². The predicted molar refractivity (Wildman–Crippen MR) is 595 cm³/mol. The van der Waals surface area contributed by atoms with Crippen molar-refractivity contribution in [2.24, 2.45) is 0 Å². The van der Waals surface area contributed by atoms with Crippen LogP contribution in [0.15, 0.2) is 470 Å². The van der Waals surface area contributed by atoms with Gasteiger partial charge >= 0.3 is 0 Å². The molecule has 0 atom stereocenters. The SMILES string of the molecule is c1ccc(-n2c3ccccc3c3cc(-c4ccc5c(c4)c4ccccc4n5-c4nc(-c5cccc6c5oc5ccccc56)c5ccccc5n4)ccc32)cc1.c1ccc2c(-c3cccc4sc5ccccc5c34)nc(-n3c4ccccc4c4c5ccccc5c5ccccc5c43)nc2c1.c1ccc2c(c1)ccc1c3ccc4ccccc4c3n(-c3nc(-c4cccc5oc6ccccc6c45)c4ccccc4n3)c21. The summed E-state index contributed by atoms with van der Waals surface area (Å²) in [6.45, 7) is 0. The van der Waals surface area contributed by atoms with Crippen molar-refractivity contribution in [2.75, 3.05) is 0 Å². The van der Waals surface area contributed by atoms with E-state index in [1.54, 1.807) is 0 Å². The van der Waals surface area contributed by atoms with E-state index < -0.39 is 0 Å². The zero-order valence-electron chi connectivity index (χ0n) is 76.6. The van der Waals surface area contributed by atoms with Crippen LogP contribution in [-0.2, 0) is 0 Å². The van der Waals surface area contributed by atoms with Crippen molar-refractivity contribution in [1.29, 1.82) is 0 Å². The van der Waals surface area contributed by atoms with Gasteiger partial charge in [0.1, 0.15) is 22.3 Å². The van der Waals surface area contributed by atoms with E-state index in [1.807, 2.05) is 59.9 Å². The van der Waals surface area contributed by atoms with E-state index in [1.165, 1.54) is 112 Å². The first-order chi connectivity index (χ1) is 71.0. The number of fused-ring (bicyclic) bond motifs is 33. The van der Waals surface area contributed by atoms with Crippen molar-refractivity contribution in [3.63, 3.8) is 0 Å². The van der Waals surface area contributed by atoms with Crippen LogP contribution in [0.25, 0.3) is 296 Å². The fraction of sp³-hybridized carbons (Fsp3) is 0. The van der Waals surface area contributed by atoms with E-state index >= 15 is 0 Å². The van der Waals surface area contributed by atoms with Crippen LogP contribution in [-0.4, -0.2) is 48.2 Å². The van der Waals surface area contributed by atoms with Crippen molar-refractivity contribution in [3.8, 4) is 68.4 Å². The lowest BCUT2D eigenvalue weighted by atomic mass is 9.97. The minimum atomic E-state index is 0.621. The summed E-state index contributed by atoms with van der Waals surface area (Å²) in [5, 5.41) is 29.1. The van der Waals surface area contributed by atoms with Crippen LogP contribution in [0.5, 0.6) is 0 Å². The molecule has 0 saturated heterocycles. The van der Waals surface area contributed by atoms with Crippen LogP contribution in [0, 0.1) is 0 Å². The van der Waals surface area contributed by atoms with E-state index in [0.717, 1.165) is 165 Å². The van der Waals surface area contributed by atoms with Crippen molar-refractivity contribution in [1.82, 2.24) is 48.2 Å². The second kappa shape index (κ2) is 31.7. The Morgan fingerprint density at radius 1 is 0.189 bits per heavy atom. The molecule has 0 aliphatic rings. The van der Waals surface area contributed by atoms with Gasteiger partial charge in [-0.2, -0.15) is 0 Å². The fourth-order valence-corrected chi connectivity index (χ4v) is 24.1. The maximum absolute atomic E-state index is 6.52. The number of furan rings is 2. The average molecular weight is 1840 g/mol. The highest BCUT2D eigenvalue weighted by atomic mass is 32.1. The zero-order valence-corrected chi connectivity index (χ0v) is 77.4. The number of rotatable bonds is 8. The molecule has 0 spiro atoms. The van der Waals surface area contributed by atoms with Crippen LogP contribution < -0.4 is 0 Å². The Kier molecular flexibility index (Phi) is 17.8. The van der Waals surface area contributed by atoms with Crippen LogP contribution in [0.2, 0.25) is 0 Å². The first kappa shape index (κ1) is 80.1. The Morgan fingerprint density at radius 2 is 0.580 bits per heavy atom. The first-order valence-electron chi connectivity index (χ1n) is 48.3. The maximum Gasteiger partial charge on any atom is 0.235 e. The molecule has 12 nitrogen and oxygen atoms in total. The molecule has 0 radical (unpaired) electrons. The molecule has 32 rings (SSSR count). The Labute approximate surface area is 819 Å². The lowest BCUT2D eigenvalue weighted by molar-refractivity contribution is 0.669. The topological polar surface area (TPSA) is 123 Å². The molecule has 0 amide bonds. The summed E-state index contributed by atoms with van der Waals surface area (Å²) < 4.78 is 24.5. The van der Waals surface area contributed by atoms with Gasteiger partial charge < -0.3 is 13.4 Å². The molecule has 0 aliphatic heterocycles. The van der Waals surface area contributed by atoms with E-state index in [0.29, 0.717) is 17.8 Å². The van der Waals surface area contributed by atoms with Gasteiger partial charge in [-0.15, -0.1) is 11.3 Å². The average Bonchev–Trinajstić information content (AvgIpc) is 1.53. The van der Waals surface area contributed by atoms with Gasteiger partial charge in [-0.05, 0) is 147 Å². The van der Waals surface area contributed by atoms with Crippen molar-refractivity contribution < 1.29 is 8.83 Å². The predicted octanol–water partition coefficient (Wildman–Crippen LogP) is 34.7. The number of benzene rings is 22. The van der Waals surface area contributed by atoms with Crippen LogP contribution >= 0.6 is 11.3 Å². The minimum Gasteiger partial charge on any atom is -0.456 e. The second-order valence-corrected chi connectivity index (χ2v) is 38.0. The monoisotopic (exact) mass is 1840 g/mol. The van der Waals surface area contributed by atoms with Gasteiger partial charge in [0.15, 0.2) is 0 Å². The molecule has 0 saturated carbocycles. The van der Waals surface area contributed by atoms with E-state index in [4.69, 9.17) is 38.7 Å². The van der Waals surface area contributed by atoms with Gasteiger partial charge in [-0.25, -0.2) is 29.9 Å². The van der Waals surface area contributed by atoms with Crippen molar-refractivity contribution in [2.45, 2.75) is 0 Å². The number of aromatic nitrogens is 10. The lowest BCUT2D eigenvalue weighted by Crippen LogP contribution is -2.04. The van der Waals surface area contributed by atoms with E-state index in [-0.39, 0.29) is 0 Å². The normalized spacial score (nSPS) is 12.1. The minimum absolute atomic E-state index is 0.621. The molecule has 0 fully saturated rings. The molecular weight excluding hydrogens is 1770 g/mol. The third-order valence-electron chi connectivity index (χ3n) is 29.1. The molecule has 0 N–H and O–H groups in total. The molecule has 0 unspecified atom stereocenters. The van der Waals surface area contributed by atoms with Crippen LogP contribution in [0.4, 0.5) is 0 Å². The second-order valence-electron chi connectivity index (χ2n) is 36.9. The Morgan fingerprint density at radius 3 is 1.20 bits per heavy atom. The number of para-hydroxylation sites is 10. The smallest absolute Gasteiger partial charge is 0.235 e. The number of hydrogen-bond acceptors (Lipinski definition) is 9. The molecule has 664 valence electrons. The summed E-state index contributed by atoms with van der Waals surface area (Å²) in [6, 6.07) is 163. The molecule has 32 aromatic rings. The van der Waals surface area contributed by atoms with E-state index in [2.05, 4.69) is 431 Å². The molecule has 13 heteroatoms. The third kappa shape index (κ3) is 12.3. The highest BCUT2D eigenvalue weighted by Gasteiger charge is 2.29. The molecular formula is C130H76N10O2S. The highest BCUT2D eigenvalue weighted by molar-refractivity contribution is 7.26. The molecule has 143 heavy (non-hydrogen) atoms. The highest BCUT2D eigenvalue weighted by Crippen LogP contribution is 2.50. The van der Waals surface area contributed by atoms with Gasteiger partial charge in [0.25, 0.3) is 0 Å². The summed E-state index contributed by atoms with van der Waals surface area (Å²) in [4.78, 5) is 32.1. The molecule has 10 aromatic heterocycles. The van der Waals surface area contributed by atoms with Gasteiger partial charge in [0, 0.05) is 140 Å². The number of hydrogen-bond donors (Lipinski definition) is 0. The van der Waals surface area contributed by atoms with Gasteiger partial charge in [0.2, 0.25) is 17.8 Å². The zero-order chi connectivity index (χ0) is 93.6. The summed E-state index contributed by atoms with van der Waals surface area (Å²) >= 11 is 1.84. The Hall–Kier alpha value is -19.1. The standard InChI is InChI=1S/C50H30N4O.C40H23N3O.C40H23N3S/c1-2-13-33(14-3-1)53-43-22-9-5-15-34(43)40-29-31(25-27-45(40)53)32-26-28-46-41(30-32)35-16-6-10-23-44(35)54(46)50-51-42-21-8-4-18-38(42)48(52-50)39-20-12-19-37-36-17-7-11-24-47(36)55-49(37)39;1-3-12-26-24(10-1)20-22-28-29-23-21-25-11-2-4-13-27(25)39(29)43(38(26)28)40-41-33-17-7-5-14-30(33)37(42-40)32-16-9-19-35-36(32)31-15-6-8-18-34(31)44-35;1-3-14-26-24(12-1)25-13-2-4-15-27(25)39-37(26)29-17-6-9-21-33(29)43(39)40-41-32-20-8-5-16-28(32)38(42-40)31-19-11-23-35-36(31)30-18-7-10-22-34(30)44-35/h1-30H;2*1-23H. The summed E-state index contributed by atoms with van der Waals surface area (Å²) in [5.74, 6) is 1.95. The third-order valence-corrected chi connectivity index (χ3v) is 30.3. The largest absolute Gasteiger partial charge is 0.456 e. The summed E-state index contributed by atoms with van der Waals surface area (Å²) in [7, 11) is 0. The first-order valence-corrected chi connectivity index (χ1v) is 49.1.